The van der Waals surface area contributed by atoms with Crippen molar-refractivity contribution in [3.05, 3.63) is 192 Å². The number of nitrogens with one attached hydrogen (secondary N) is 1. The summed E-state index contributed by atoms with van der Waals surface area (Å²) in [6.07, 6.45) is 7.55. The molecule has 1 unspecified atom stereocenters. The number of fused-ring (bicyclic) bond motifs is 6. The van der Waals surface area contributed by atoms with Crippen molar-refractivity contribution < 1.29 is 8.83 Å². The standard InChI is InChI=1S/C50H36N4O2/c1-2-3-5-16-36-34(18-11-23-41(36)51)31-27-29-32(30-28-31)35-19-10-20-38-46-40(22-13-26-44(46)56-47(35)38)50-53-48(33-14-6-4-7-15-33)52-49(54-50)39-21-12-25-43-45(39)37-17-8-9-24-42(37)55-43/h2-30,50H,51H2,1H3,(H,52,53,54)/b3-2-,16-5-. The Balaban J connectivity index is 1.10. The lowest BCUT2D eigenvalue weighted by molar-refractivity contribution is 0.668. The molecule has 6 heteroatoms. The predicted octanol–water partition coefficient (Wildman–Crippen LogP) is 12.5. The van der Waals surface area contributed by atoms with Crippen LogP contribution in [0.3, 0.4) is 0 Å². The third kappa shape index (κ3) is 5.67. The van der Waals surface area contributed by atoms with Gasteiger partial charge < -0.3 is 19.9 Å². The molecule has 7 aromatic carbocycles. The molecule has 0 amide bonds. The van der Waals surface area contributed by atoms with E-state index in [4.69, 9.17) is 24.6 Å². The molecule has 1 aliphatic heterocycles. The Bertz CT molecular complexity index is 3070. The zero-order valence-corrected chi connectivity index (χ0v) is 30.6. The fraction of sp³-hybridized carbons (Fsp3) is 0.0400. The van der Waals surface area contributed by atoms with Crippen LogP contribution in [0.4, 0.5) is 5.69 Å². The van der Waals surface area contributed by atoms with E-state index >= 15 is 0 Å². The molecule has 0 saturated heterocycles. The van der Waals surface area contributed by atoms with Crippen LogP contribution in [0.15, 0.2) is 189 Å². The molecule has 2 aromatic heterocycles. The SMILES string of the molecule is C/C=C\C=C/c1c(N)cccc1-c1ccc(-c2cccc3c2oc2cccc(C4N=C(c5ccccc5)NC(c5cccc6oc7ccccc7c56)=N4)c23)cc1. The van der Waals surface area contributed by atoms with Crippen LogP contribution in [0, 0.1) is 0 Å². The maximum absolute atomic E-state index is 6.74. The number of nitrogen functional groups attached to an aromatic ring is 1. The maximum Gasteiger partial charge on any atom is 0.170 e. The van der Waals surface area contributed by atoms with Crippen LogP contribution in [0.1, 0.15) is 35.3 Å². The molecule has 0 saturated carbocycles. The van der Waals surface area contributed by atoms with E-state index in [0.29, 0.717) is 0 Å². The zero-order chi connectivity index (χ0) is 37.6. The number of nitrogens with zero attached hydrogens (tertiary/aromatic N) is 2. The Morgan fingerprint density at radius 2 is 1.18 bits per heavy atom. The molecule has 56 heavy (non-hydrogen) atoms. The molecule has 10 rings (SSSR count). The molecule has 0 fully saturated rings. The molecule has 0 bridgehead atoms. The lowest BCUT2D eigenvalue weighted by atomic mass is 9.95. The number of rotatable bonds is 7. The number of para-hydroxylation sites is 2. The largest absolute Gasteiger partial charge is 0.456 e. The molecule has 0 radical (unpaired) electrons. The third-order valence-electron chi connectivity index (χ3n) is 10.5. The predicted molar refractivity (Wildman–Crippen MR) is 232 cm³/mol. The highest BCUT2D eigenvalue weighted by molar-refractivity contribution is 6.23. The van der Waals surface area contributed by atoms with E-state index < -0.39 is 6.17 Å². The summed E-state index contributed by atoms with van der Waals surface area (Å²) in [4.78, 5) is 10.6. The lowest BCUT2D eigenvalue weighted by Gasteiger charge is -2.23. The van der Waals surface area contributed by atoms with E-state index in [1.165, 1.54) is 0 Å². The number of benzene rings is 7. The third-order valence-corrected chi connectivity index (χ3v) is 10.5. The minimum Gasteiger partial charge on any atom is -0.456 e. The first-order valence-electron chi connectivity index (χ1n) is 18.8. The van der Waals surface area contributed by atoms with Crippen molar-refractivity contribution in [2.24, 2.45) is 9.98 Å². The highest BCUT2D eigenvalue weighted by Crippen LogP contribution is 2.41. The second kappa shape index (κ2) is 13.8. The monoisotopic (exact) mass is 724 g/mol. The number of aliphatic imine (C=N–C) groups is 2. The van der Waals surface area contributed by atoms with E-state index in [-0.39, 0.29) is 0 Å². The molecule has 0 aliphatic carbocycles. The van der Waals surface area contributed by atoms with Crippen molar-refractivity contribution in [2.45, 2.75) is 13.1 Å². The van der Waals surface area contributed by atoms with Gasteiger partial charge in [-0.1, -0.05) is 152 Å². The van der Waals surface area contributed by atoms with Gasteiger partial charge >= 0.3 is 0 Å². The summed E-state index contributed by atoms with van der Waals surface area (Å²) in [7, 11) is 0. The van der Waals surface area contributed by atoms with Crippen LogP contribution in [0.2, 0.25) is 0 Å². The first-order valence-corrected chi connectivity index (χ1v) is 18.8. The fourth-order valence-electron chi connectivity index (χ4n) is 7.87. The van der Waals surface area contributed by atoms with Gasteiger partial charge in [-0.15, -0.1) is 0 Å². The number of anilines is 1. The Hall–Kier alpha value is -7.44. The second-order valence-electron chi connectivity index (χ2n) is 13.9. The summed E-state index contributed by atoms with van der Waals surface area (Å²) in [5.41, 5.74) is 18.6. The fourth-order valence-corrected chi connectivity index (χ4v) is 7.87. The summed E-state index contributed by atoms with van der Waals surface area (Å²) in [5, 5.41) is 7.67. The van der Waals surface area contributed by atoms with Gasteiger partial charge in [-0.2, -0.15) is 0 Å². The van der Waals surface area contributed by atoms with Crippen molar-refractivity contribution >= 4 is 67.3 Å². The molecular weight excluding hydrogens is 689 g/mol. The van der Waals surface area contributed by atoms with Crippen LogP contribution in [-0.4, -0.2) is 11.7 Å². The number of nitrogens with two attached hydrogens (primary N) is 1. The van der Waals surface area contributed by atoms with E-state index in [2.05, 4.69) is 90.3 Å². The van der Waals surface area contributed by atoms with Crippen molar-refractivity contribution in [2.75, 3.05) is 5.73 Å². The topological polar surface area (TPSA) is 89.0 Å². The van der Waals surface area contributed by atoms with Crippen molar-refractivity contribution in [1.29, 1.82) is 0 Å². The van der Waals surface area contributed by atoms with Crippen molar-refractivity contribution in [3.8, 4) is 22.3 Å². The Morgan fingerprint density at radius 3 is 2.02 bits per heavy atom. The summed E-state index contributed by atoms with van der Waals surface area (Å²) in [6, 6.07) is 51.6. The number of furan rings is 2. The molecule has 9 aromatic rings. The van der Waals surface area contributed by atoms with Gasteiger partial charge in [0, 0.05) is 55.0 Å². The second-order valence-corrected chi connectivity index (χ2v) is 13.9. The average Bonchev–Trinajstić information content (AvgIpc) is 3.83. The normalized spacial score (nSPS) is 14.6. The maximum atomic E-state index is 6.74. The molecule has 6 nitrogen and oxygen atoms in total. The summed E-state index contributed by atoms with van der Waals surface area (Å²) < 4.78 is 13.0. The molecule has 1 atom stereocenters. The molecule has 0 spiro atoms. The van der Waals surface area contributed by atoms with Crippen molar-refractivity contribution in [1.82, 2.24) is 5.32 Å². The van der Waals surface area contributed by atoms with Crippen molar-refractivity contribution in [3.63, 3.8) is 0 Å². The van der Waals surface area contributed by atoms with E-state index in [9.17, 15) is 0 Å². The van der Waals surface area contributed by atoms with Crippen LogP contribution in [0.25, 0.3) is 72.2 Å². The number of hydrogen-bond acceptors (Lipinski definition) is 6. The quantitative estimate of drug-likeness (QED) is 0.126. The van der Waals surface area contributed by atoms with Crippen LogP contribution < -0.4 is 11.1 Å². The van der Waals surface area contributed by atoms with Crippen LogP contribution in [-0.2, 0) is 0 Å². The summed E-state index contributed by atoms with van der Waals surface area (Å²) in [6.45, 7) is 2.00. The highest BCUT2D eigenvalue weighted by Gasteiger charge is 2.26. The van der Waals surface area contributed by atoms with Gasteiger partial charge in [-0.05, 0) is 47.9 Å². The minimum absolute atomic E-state index is 0.545. The van der Waals surface area contributed by atoms with Gasteiger partial charge in [-0.3, -0.25) is 0 Å². The van der Waals surface area contributed by atoms with E-state index in [1.54, 1.807) is 0 Å². The molecule has 1 aliphatic rings. The molecule has 268 valence electrons. The van der Waals surface area contributed by atoms with Crippen LogP contribution in [0.5, 0.6) is 0 Å². The molecular formula is C50H36N4O2. The van der Waals surface area contributed by atoms with Gasteiger partial charge in [0.1, 0.15) is 34.0 Å². The number of allylic oxidation sites excluding steroid dienone is 3. The van der Waals surface area contributed by atoms with Gasteiger partial charge in [0.15, 0.2) is 6.17 Å². The first kappa shape index (κ1) is 33.2. The van der Waals surface area contributed by atoms with E-state index in [0.717, 1.165) is 106 Å². The van der Waals surface area contributed by atoms with Gasteiger partial charge in [0.25, 0.3) is 0 Å². The Morgan fingerprint density at radius 1 is 0.536 bits per heavy atom. The number of amidine groups is 2. The van der Waals surface area contributed by atoms with Gasteiger partial charge in [0.05, 0.1) is 0 Å². The Kier molecular flexibility index (Phi) is 8.15. The number of hydrogen-bond donors (Lipinski definition) is 2. The lowest BCUT2D eigenvalue weighted by Crippen LogP contribution is -2.36. The van der Waals surface area contributed by atoms with Gasteiger partial charge in [-0.25, -0.2) is 9.98 Å². The Labute approximate surface area is 323 Å². The average molecular weight is 725 g/mol. The highest BCUT2D eigenvalue weighted by atomic mass is 16.3. The minimum atomic E-state index is -0.545. The van der Waals surface area contributed by atoms with E-state index in [1.807, 2.05) is 97.9 Å². The first-order chi connectivity index (χ1) is 27.6. The summed E-state index contributed by atoms with van der Waals surface area (Å²) >= 11 is 0. The molecule has 3 heterocycles. The van der Waals surface area contributed by atoms with Crippen LogP contribution >= 0.6 is 0 Å². The smallest absolute Gasteiger partial charge is 0.170 e. The zero-order valence-electron chi connectivity index (χ0n) is 30.6. The van der Waals surface area contributed by atoms with Gasteiger partial charge in [0.2, 0.25) is 0 Å². The summed E-state index contributed by atoms with van der Waals surface area (Å²) in [5.74, 6) is 1.48. The molecule has 3 N–H and O–H groups in total.